The number of nitriles is 1. The quantitative estimate of drug-likeness (QED) is 0.580. The smallest absolute Gasteiger partial charge is 0.186 e. The Morgan fingerprint density at radius 1 is 1.08 bits per heavy atom. The van der Waals surface area contributed by atoms with Crippen molar-refractivity contribution < 1.29 is 4.74 Å². The Hall–Kier alpha value is -3.46. The minimum absolute atomic E-state index is 0.591. The van der Waals surface area contributed by atoms with Crippen LogP contribution >= 0.6 is 0 Å². The number of aromatic nitrogens is 4. The highest BCUT2D eigenvalue weighted by Gasteiger charge is 2.13. The third kappa shape index (κ3) is 2.15. The normalized spacial score (nSPS) is 10.8. The Morgan fingerprint density at radius 3 is 2.67 bits per heavy atom. The third-order valence-corrected chi connectivity index (χ3v) is 3.82. The zero-order valence-electron chi connectivity index (χ0n) is 13.0. The van der Waals surface area contributed by atoms with E-state index in [1.807, 2.05) is 37.3 Å². The van der Waals surface area contributed by atoms with Gasteiger partial charge in [-0.15, -0.1) is 10.2 Å². The number of benzene rings is 2. The van der Waals surface area contributed by atoms with Crippen molar-refractivity contribution in [2.45, 2.75) is 6.92 Å². The maximum atomic E-state index is 8.91. The Kier molecular flexibility index (Phi) is 3.32. The van der Waals surface area contributed by atoms with Crippen LogP contribution in [-0.2, 0) is 0 Å². The first kappa shape index (κ1) is 14.2. The fourth-order valence-corrected chi connectivity index (χ4v) is 2.70. The lowest BCUT2D eigenvalue weighted by atomic mass is 10.1. The standard InChI is InChI=1S/C18H13N5O/c1-2-24-16-5-3-4-14-15(16)11-20-23-17(21-22-18(14)23)13-8-6-12(10-19)7-9-13/h3-9,11H,2H2,1H3. The number of ether oxygens (including phenoxy) is 1. The molecule has 0 atom stereocenters. The molecule has 0 fully saturated rings. The summed E-state index contributed by atoms with van der Waals surface area (Å²) in [6, 6.07) is 15.1. The van der Waals surface area contributed by atoms with Crippen LogP contribution in [-0.4, -0.2) is 26.4 Å². The molecule has 0 spiro atoms. The molecule has 0 N–H and O–H groups in total. The number of hydrogen-bond donors (Lipinski definition) is 0. The molecular formula is C18H13N5O. The zero-order chi connectivity index (χ0) is 16.5. The molecule has 0 aliphatic rings. The molecule has 0 saturated carbocycles. The van der Waals surface area contributed by atoms with E-state index < -0.39 is 0 Å². The summed E-state index contributed by atoms with van der Waals surface area (Å²) in [6.45, 7) is 2.54. The van der Waals surface area contributed by atoms with Crippen LogP contribution in [0.4, 0.5) is 0 Å². The predicted octanol–water partition coefficient (Wildman–Crippen LogP) is 3.21. The second kappa shape index (κ2) is 5.63. The van der Waals surface area contributed by atoms with E-state index in [1.165, 1.54) is 0 Å². The van der Waals surface area contributed by atoms with Crippen molar-refractivity contribution in [2.75, 3.05) is 6.61 Å². The molecule has 2 aromatic heterocycles. The summed E-state index contributed by atoms with van der Waals surface area (Å²) in [5.74, 6) is 1.42. The van der Waals surface area contributed by atoms with Crippen LogP contribution in [0.1, 0.15) is 12.5 Å². The van der Waals surface area contributed by atoms with Crippen LogP contribution in [0.3, 0.4) is 0 Å². The lowest BCUT2D eigenvalue weighted by molar-refractivity contribution is 0.344. The van der Waals surface area contributed by atoms with Gasteiger partial charge in [-0.3, -0.25) is 0 Å². The Morgan fingerprint density at radius 2 is 1.92 bits per heavy atom. The Labute approximate surface area is 137 Å². The molecular weight excluding hydrogens is 302 g/mol. The fraction of sp³-hybridized carbons (Fsp3) is 0.111. The van der Waals surface area contributed by atoms with Gasteiger partial charge in [0.05, 0.1) is 24.4 Å². The summed E-state index contributed by atoms with van der Waals surface area (Å²) in [6.07, 6.45) is 1.77. The van der Waals surface area contributed by atoms with Gasteiger partial charge in [0.25, 0.3) is 0 Å². The second-order valence-corrected chi connectivity index (χ2v) is 5.24. The summed E-state index contributed by atoms with van der Waals surface area (Å²) in [7, 11) is 0. The summed E-state index contributed by atoms with van der Waals surface area (Å²) < 4.78 is 7.36. The van der Waals surface area contributed by atoms with Gasteiger partial charge in [0.1, 0.15) is 5.75 Å². The molecule has 4 rings (SSSR count). The van der Waals surface area contributed by atoms with Crippen LogP contribution in [0, 0.1) is 11.3 Å². The van der Waals surface area contributed by atoms with Crippen LogP contribution in [0.5, 0.6) is 5.75 Å². The molecule has 2 heterocycles. The Bertz CT molecular complexity index is 1080. The van der Waals surface area contributed by atoms with Crippen molar-refractivity contribution >= 4 is 16.4 Å². The van der Waals surface area contributed by atoms with Crippen LogP contribution in [0.15, 0.2) is 48.7 Å². The lowest BCUT2D eigenvalue weighted by Gasteiger charge is -2.07. The van der Waals surface area contributed by atoms with Gasteiger partial charge in [-0.05, 0) is 37.3 Å². The van der Waals surface area contributed by atoms with E-state index >= 15 is 0 Å². The molecule has 116 valence electrons. The van der Waals surface area contributed by atoms with Gasteiger partial charge in [-0.1, -0.05) is 12.1 Å². The van der Waals surface area contributed by atoms with Gasteiger partial charge < -0.3 is 4.74 Å². The molecule has 4 aromatic rings. The maximum Gasteiger partial charge on any atom is 0.186 e. The first-order valence-electron chi connectivity index (χ1n) is 7.58. The predicted molar refractivity (Wildman–Crippen MR) is 89.6 cm³/mol. The van der Waals surface area contributed by atoms with E-state index in [0.717, 1.165) is 22.1 Å². The largest absolute Gasteiger partial charge is 0.493 e. The highest BCUT2D eigenvalue weighted by Crippen LogP contribution is 2.28. The van der Waals surface area contributed by atoms with Crippen molar-refractivity contribution in [3.8, 4) is 23.2 Å². The molecule has 2 aromatic carbocycles. The molecule has 0 aliphatic heterocycles. The van der Waals surface area contributed by atoms with Crippen molar-refractivity contribution in [3.05, 3.63) is 54.2 Å². The third-order valence-electron chi connectivity index (χ3n) is 3.82. The first-order chi connectivity index (χ1) is 11.8. The molecule has 0 bridgehead atoms. The minimum atomic E-state index is 0.591. The monoisotopic (exact) mass is 315 g/mol. The molecule has 0 saturated heterocycles. The van der Waals surface area contributed by atoms with E-state index in [-0.39, 0.29) is 0 Å². The van der Waals surface area contributed by atoms with Gasteiger partial charge in [0.2, 0.25) is 0 Å². The lowest BCUT2D eigenvalue weighted by Crippen LogP contribution is -1.97. The molecule has 0 aliphatic carbocycles. The van der Waals surface area contributed by atoms with E-state index in [2.05, 4.69) is 21.4 Å². The van der Waals surface area contributed by atoms with Gasteiger partial charge in [0, 0.05) is 16.3 Å². The average molecular weight is 315 g/mol. The second-order valence-electron chi connectivity index (χ2n) is 5.24. The molecule has 6 nitrogen and oxygen atoms in total. The minimum Gasteiger partial charge on any atom is -0.493 e. The summed E-state index contributed by atoms with van der Waals surface area (Å²) in [5, 5.41) is 23.8. The van der Waals surface area contributed by atoms with Gasteiger partial charge in [-0.25, -0.2) is 0 Å². The van der Waals surface area contributed by atoms with Gasteiger partial charge in [-0.2, -0.15) is 14.9 Å². The molecule has 0 unspecified atom stereocenters. The van der Waals surface area contributed by atoms with Crippen molar-refractivity contribution in [1.82, 2.24) is 19.8 Å². The molecule has 0 radical (unpaired) electrons. The van der Waals surface area contributed by atoms with E-state index in [0.29, 0.717) is 23.6 Å². The number of rotatable bonds is 3. The van der Waals surface area contributed by atoms with Crippen molar-refractivity contribution in [1.29, 1.82) is 5.26 Å². The SMILES string of the molecule is CCOc1cccc2c1cnn1c(-c3ccc(C#N)cc3)nnc21. The first-order valence-corrected chi connectivity index (χ1v) is 7.58. The number of fused-ring (bicyclic) bond motifs is 3. The van der Waals surface area contributed by atoms with Crippen LogP contribution in [0.25, 0.3) is 27.8 Å². The van der Waals surface area contributed by atoms with Gasteiger partial charge in [0.15, 0.2) is 11.5 Å². The number of hydrogen-bond acceptors (Lipinski definition) is 5. The fourth-order valence-electron chi connectivity index (χ4n) is 2.70. The highest BCUT2D eigenvalue weighted by atomic mass is 16.5. The van der Waals surface area contributed by atoms with Gasteiger partial charge >= 0.3 is 0 Å². The van der Waals surface area contributed by atoms with E-state index in [4.69, 9.17) is 10.00 Å². The Balaban J connectivity index is 1.92. The molecule has 6 heteroatoms. The topological polar surface area (TPSA) is 76.1 Å². The molecule has 24 heavy (non-hydrogen) atoms. The van der Waals surface area contributed by atoms with Crippen molar-refractivity contribution in [2.24, 2.45) is 0 Å². The summed E-state index contributed by atoms with van der Waals surface area (Å²) in [4.78, 5) is 0. The van der Waals surface area contributed by atoms with Crippen molar-refractivity contribution in [3.63, 3.8) is 0 Å². The highest BCUT2D eigenvalue weighted by molar-refractivity contribution is 5.97. The molecule has 0 amide bonds. The maximum absolute atomic E-state index is 8.91. The summed E-state index contributed by atoms with van der Waals surface area (Å²) >= 11 is 0. The average Bonchev–Trinajstić information content (AvgIpc) is 3.07. The summed E-state index contributed by atoms with van der Waals surface area (Å²) in [5.41, 5.74) is 2.13. The van der Waals surface area contributed by atoms with E-state index in [1.54, 1.807) is 22.8 Å². The van der Waals surface area contributed by atoms with Crippen LogP contribution < -0.4 is 4.74 Å². The van der Waals surface area contributed by atoms with E-state index in [9.17, 15) is 0 Å². The number of nitrogens with zero attached hydrogens (tertiary/aromatic N) is 5. The van der Waals surface area contributed by atoms with Crippen LogP contribution in [0.2, 0.25) is 0 Å². The zero-order valence-corrected chi connectivity index (χ0v) is 13.0.